The van der Waals surface area contributed by atoms with E-state index in [9.17, 15) is 9.59 Å². The van der Waals surface area contributed by atoms with Gasteiger partial charge in [0.2, 0.25) is 0 Å². The van der Waals surface area contributed by atoms with E-state index >= 15 is 0 Å². The van der Waals surface area contributed by atoms with Crippen molar-refractivity contribution in [1.82, 2.24) is 4.98 Å². The number of ether oxygens (including phenoxy) is 2. The van der Waals surface area contributed by atoms with Gasteiger partial charge in [0.15, 0.2) is 0 Å². The molecule has 6 nitrogen and oxygen atoms in total. The number of aromatic nitrogens is 1. The average Bonchev–Trinajstić information content (AvgIpc) is 3.12. The normalized spacial score (nSPS) is 17.1. The first-order chi connectivity index (χ1) is 14.9. The van der Waals surface area contributed by atoms with Gasteiger partial charge in [0.1, 0.15) is 11.1 Å². The Morgan fingerprint density at radius 1 is 1.00 bits per heavy atom. The molecule has 31 heavy (non-hydrogen) atoms. The highest BCUT2D eigenvalue weighted by molar-refractivity contribution is 6.17. The van der Waals surface area contributed by atoms with Crippen LogP contribution in [0.1, 0.15) is 39.0 Å². The zero-order valence-corrected chi connectivity index (χ0v) is 18.2. The summed E-state index contributed by atoms with van der Waals surface area (Å²) in [4.78, 5) is 33.8. The van der Waals surface area contributed by atoms with Gasteiger partial charge < -0.3 is 9.47 Å². The molecule has 2 aromatic rings. The highest BCUT2D eigenvalue weighted by Gasteiger charge is 2.27. The summed E-state index contributed by atoms with van der Waals surface area (Å²) in [5.74, 6) is -1.40. The number of hydrogen-bond donors (Lipinski definition) is 0. The lowest BCUT2D eigenvalue weighted by atomic mass is 9.98. The SMILES string of the molecule is CCOC(=O)C(=Cc1ccc(-c2cccc(C3(C)C=CC(C)=N3)n2)cc1)C(=O)OCC. The minimum Gasteiger partial charge on any atom is -0.462 e. The van der Waals surface area contributed by atoms with Gasteiger partial charge in [-0.1, -0.05) is 30.3 Å². The summed E-state index contributed by atoms with van der Waals surface area (Å²) in [6, 6.07) is 13.3. The molecule has 1 aromatic carbocycles. The number of carbonyl (C=O) groups is 2. The maximum absolute atomic E-state index is 12.2. The quantitative estimate of drug-likeness (QED) is 0.286. The first kappa shape index (κ1) is 22.2. The van der Waals surface area contributed by atoms with Crippen molar-refractivity contribution < 1.29 is 19.1 Å². The van der Waals surface area contributed by atoms with Crippen molar-refractivity contribution in [1.29, 1.82) is 0 Å². The van der Waals surface area contributed by atoms with Crippen molar-refractivity contribution in [3.63, 3.8) is 0 Å². The number of nitrogens with zero attached hydrogens (tertiary/aromatic N) is 2. The number of allylic oxidation sites excluding steroid dienone is 1. The molecular weight excluding hydrogens is 392 g/mol. The topological polar surface area (TPSA) is 77.9 Å². The van der Waals surface area contributed by atoms with Crippen LogP contribution in [0, 0.1) is 0 Å². The van der Waals surface area contributed by atoms with Crippen molar-refractivity contribution in [2.45, 2.75) is 33.2 Å². The van der Waals surface area contributed by atoms with Crippen LogP contribution in [0.15, 0.2) is 65.2 Å². The van der Waals surface area contributed by atoms with Gasteiger partial charge in [0.05, 0.1) is 24.6 Å². The van der Waals surface area contributed by atoms with Crippen molar-refractivity contribution in [3.8, 4) is 11.3 Å². The van der Waals surface area contributed by atoms with Crippen LogP contribution in [0.5, 0.6) is 0 Å². The Bertz CT molecular complexity index is 1050. The molecule has 1 aliphatic heterocycles. The third-order valence-corrected chi connectivity index (χ3v) is 4.83. The molecule has 0 radical (unpaired) electrons. The standard InChI is InChI=1S/C25H26N2O4/c1-5-30-23(28)20(24(29)31-6-2)16-18-10-12-19(13-11-18)21-8-7-9-22(26-21)25(4)15-14-17(3)27-25/h7-16H,5-6H2,1-4H3. The molecule has 2 heterocycles. The average molecular weight is 418 g/mol. The fraction of sp³-hybridized carbons (Fsp3) is 0.280. The summed E-state index contributed by atoms with van der Waals surface area (Å²) in [5.41, 5.74) is 3.67. The molecule has 1 unspecified atom stereocenters. The fourth-order valence-electron chi connectivity index (χ4n) is 3.28. The van der Waals surface area contributed by atoms with Crippen LogP contribution in [0.3, 0.4) is 0 Å². The van der Waals surface area contributed by atoms with Gasteiger partial charge in [-0.05, 0) is 63.6 Å². The number of esters is 2. The van der Waals surface area contributed by atoms with Crippen molar-refractivity contribution in [2.24, 2.45) is 4.99 Å². The molecule has 160 valence electrons. The first-order valence-corrected chi connectivity index (χ1v) is 10.3. The molecule has 0 spiro atoms. The number of carbonyl (C=O) groups excluding carboxylic acids is 2. The number of benzene rings is 1. The zero-order valence-electron chi connectivity index (χ0n) is 18.2. The lowest BCUT2D eigenvalue weighted by molar-refractivity contribution is -0.146. The zero-order chi connectivity index (χ0) is 22.4. The maximum Gasteiger partial charge on any atom is 0.345 e. The molecule has 1 aliphatic rings. The van der Waals surface area contributed by atoms with E-state index in [0.29, 0.717) is 5.56 Å². The van der Waals surface area contributed by atoms with Crippen LogP contribution < -0.4 is 0 Å². The molecule has 6 heteroatoms. The third kappa shape index (κ3) is 5.15. The predicted molar refractivity (Wildman–Crippen MR) is 121 cm³/mol. The highest BCUT2D eigenvalue weighted by atomic mass is 16.6. The molecule has 0 amide bonds. The van der Waals surface area contributed by atoms with Crippen LogP contribution in [-0.4, -0.2) is 35.8 Å². The van der Waals surface area contributed by atoms with Crippen molar-refractivity contribution in [2.75, 3.05) is 13.2 Å². The summed E-state index contributed by atoms with van der Waals surface area (Å²) in [5, 5.41) is 0. The monoisotopic (exact) mass is 418 g/mol. The summed E-state index contributed by atoms with van der Waals surface area (Å²) in [6.07, 6.45) is 5.53. The van der Waals surface area contributed by atoms with Crippen LogP contribution in [-0.2, 0) is 24.6 Å². The van der Waals surface area contributed by atoms with E-state index in [1.165, 1.54) is 6.08 Å². The second kappa shape index (κ2) is 9.51. The van der Waals surface area contributed by atoms with E-state index in [4.69, 9.17) is 14.5 Å². The number of rotatable bonds is 7. The first-order valence-electron chi connectivity index (χ1n) is 10.3. The van der Waals surface area contributed by atoms with E-state index < -0.39 is 17.5 Å². The predicted octanol–water partition coefficient (Wildman–Crippen LogP) is 4.50. The molecule has 3 rings (SSSR count). The second-order valence-corrected chi connectivity index (χ2v) is 7.26. The smallest absolute Gasteiger partial charge is 0.345 e. The number of hydrogen-bond acceptors (Lipinski definition) is 6. The summed E-state index contributed by atoms with van der Waals surface area (Å²) in [7, 11) is 0. The van der Waals surface area contributed by atoms with Gasteiger partial charge in [0, 0.05) is 11.3 Å². The van der Waals surface area contributed by atoms with Gasteiger partial charge in [0.25, 0.3) is 0 Å². The van der Waals surface area contributed by atoms with Gasteiger partial charge in [-0.25, -0.2) is 14.6 Å². The molecule has 0 saturated carbocycles. The van der Waals surface area contributed by atoms with Crippen LogP contribution in [0.4, 0.5) is 0 Å². The van der Waals surface area contributed by atoms with E-state index in [2.05, 4.69) is 11.1 Å². The maximum atomic E-state index is 12.2. The Hall–Kier alpha value is -3.54. The Balaban J connectivity index is 1.88. The second-order valence-electron chi connectivity index (χ2n) is 7.26. The molecule has 0 bridgehead atoms. The molecule has 1 atom stereocenters. The van der Waals surface area contributed by atoms with Gasteiger partial charge >= 0.3 is 11.9 Å². The van der Waals surface area contributed by atoms with E-state index in [-0.39, 0.29) is 18.8 Å². The van der Waals surface area contributed by atoms with Crippen molar-refractivity contribution in [3.05, 3.63) is 71.4 Å². The number of aliphatic imine (C=N–C) groups is 1. The third-order valence-electron chi connectivity index (χ3n) is 4.83. The lowest BCUT2D eigenvalue weighted by Gasteiger charge is -2.18. The lowest BCUT2D eigenvalue weighted by Crippen LogP contribution is -2.18. The molecule has 1 aromatic heterocycles. The Morgan fingerprint density at radius 2 is 1.65 bits per heavy atom. The van der Waals surface area contributed by atoms with Crippen molar-refractivity contribution >= 4 is 23.7 Å². The summed E-state index contributed by atoms with van der Waals surface area (Å²) in [6.45, 7) is 7.73. The molecule has 0 aliphatic carbocycles. The summed E-state index contributed by atoms with van der Waals surface area (Å²) < 4.78 is 9.96. The highest BCUT2D eigenvalue weighted by Crippen LogP contribution is 2.31. The van der Waals surface area contributed by atoms with Gasteiger partial charge in [-0.3, -0.25) is 4.99 Å². The van der Waals surface area contributed by atoms with Crippen LogP contribution in [0.25, 0.3) is 17.3 Å². The van der Waals surface area contributed by atoms with E-state index in [1.807, 2.05) is 62.4 Å². The molecule has 0 fully saturated rings. The van der Waals surface area contributed by atoms with Crippen LogP contribution in [0.2, 0.25) is 0 Å². The minimum absolute atomic E-state index is 0.134. The van der Waals surface area contributed by atoms with E-state index in [0.717, 1.165) is 22.7 Å². The summed E-state index contributed by atoms with van der Waals surface area (Å²) >= 11 is 0. The Labute approximate surface area is 182 Å². The van der Waals surface area contributed by atoms with Crippen LogP contribution >= 0.6 is 0 Å². The number of pyridine rings is 1. The minimum atomic E-state index is -0.701. The molecule has 0 saturated heterocycles. The molecule has 0 N–H and O–H groups in total. The van der Waals surface area contributed by atoms with Gasteiger partial charge in [-0.15, -0.1) is 0 Å². The van der Waals surface area contributed by atoms with E-state index in [1.54, 1.807) is 13.8 Å². The Morgan fingerprint density at radius 3 is 2.19 bits per heavy atom. The molecular formula is C25H26N2O4. The largest absolute Gasteiger partial charge is 0.462 e. The Kier molecular flexibility index (Phi) is 6.80. The van der Waals surface area contributed by atoms with Gasteiger partial charge in [-0.2, -0.15) is 0 Å². The fourth-order valence-corrected chi connectivity index (χ4v) is 3.28.